The molecule has 7 nitrogen and oxygen atoms in total. The van der Waals surface area contributed by atoms with Crippen molar-refractivity contribution in [3.63, 3.8) is 0 Å². The van der Waals surface area contributed by atoms with E-state index in [0.717, 1.165) is 22.6 Å². The number of primary amides is 1. The molecule has 3 N–H and O–H groups in total. The van der Waals surface area contributed by atoms with Gasteiger partial charge in [0.25, 0.3) is 5.91 Å². The first-order chi connectivity index (χ1) is 17.3. The number of rotatable bonds is 7. The fourth-order valence-electron chi connectivity index (χ4n) is 4.72. The molecule has 1 aliphatic rings. The van der Waals surface area contributed by atoms with E-state index in [1.54, 1.807) is 36.1 Å². The Labute approximate surface area is 215 Å². The van der Waals surface area contributed by atoms with Crippen molar-refractivity contribution >= 4 is 46.4 Å². The van der Waals surface area contributed by atoms with E-state index in [9.17, 15) is 14.4 Å². The number of amides is 3. The van der Waals surface area contributed by atoms with Gasteiger partial charge in [0.15, 0.2) is 0 Å². The number of hydrogen-bond donors (Lipinski definition) is 2. The van der Waals surface area contributed by atoms with Crippen LogP contribution >= 0.6 is 11.6 Å². The Morgan fingerprint density at radius 3 is 2.33 bits per heavy atom. The van der Waals surface area contributed by atoms with Gasteiger partial charge in [-0.25, -0.2) is 0 Å². The summed E-state index contributed by atoms with van der Waals surface area (Å²) in [7, 11) is 0. The molecule has 0 bridgehead atoms. The van der Waals surface area contributed by atoms with Crippen LogP contribution in [0.25, 0.3) is 0 Å². The molecular weight excluding hydrogens is 476 g/mol. The van der Waals surface area contributed by atoms with Gasteiger partial charge in [-0.1, -0.05) is 29.8 Å². The lowest BCUT2D eigenvalue weighted by Crippen LogP contribution is -2.47. The fraction of sp³-hybridized carbons (Fsp3) is 0.250. The van der Waals surface area contributed by atoms with Crippen LogP contribution in [-0.2, 0) is 9.59 Å². The summed E-state index contributed by atoms with van der Waals surface area (Å²) >= 11 is 6.08. The molecule has 0 fully saturated rings. The molecule has 3 aromatic rings. The molecule has 36 heavy (non-hydrogen) atoms. The molecule has 1 aliphatic heterocycles. The summed E-state index contributed by atoms with van der Waals surface area (Å²) in [5.74, 6) is -0.564. The van der Waals surface area contributed by atoms with E-state index >= 15 is 0 Å². The highest BCUT2D eigenvalue weighted by molar-refractivity contribution is 6.30. The van der Waals surface area contributed by atoms with Crippen LogP contribution in [0.3, 0.4) is 0 Å². The minimum atomic E-state index is -0.371. The predicted molar refractivity (Wildman–Crippen MR) is 143 cm³/mol. The van der Waals surface area contributed by atoms with Crippen molar-refractivity contribution in [2.75, 3.05) is 21.7 Å². The summed E-state index contributed by atoms with van der Waals surface area (Å²) in [6.45, 7) is 3.99. The lowest BCUT2D eigenvalue weighted by Gasteiger charge is -2.43. The van der Waals surface area contributed by atoms with E-state index in [1.807, 2.05) is 60.4 Å². The van der Waals surface area contributed by atoms with Crippen molar-refractivity contribution in [1.82, 2.24) is 0 Å². The summed E-state index contributed by atoms with van der Waals surface area (Å²) in [6.07, 6.45) is 0.814. The number of benzene rings is 3. The minimum Gasteiger partial charge on any atom is -0.385 e. The van der Waals surface area contributed by atoms with E-state index < -0.39 is 0 Å². The van der Waals surface area contributed by atoms with Gasteiger partial charge in [-0.05, 0) is 73.5 Å². The van der Waals surface area contributed by atoms with E-state index in [1.165, 1.54) is 0 Å². The second kappa shape index (κ2) is 10.8. The molecule has 0 unspecified atom stereocenters. The Bertz CT molecular complexity index is 1260. The minimum absolute atomic E-state index is 0.0801. The number of hydrogen-bond acceptors (Lipinski definition) is 4. The summed E-state index contributed by atoms with van der Waals surface area (Å²) in [5.41, 5.74) is 9.01. The van der Waals surface area contributed by atoms with Crippen molar-refractivity contribution < 1.29 is 14.4 Å². The molecule has 2 atom stereocenters. The van der Waals surface area contributed by atoms with Gasteiger partial charge in [-0.2, -0.15) is 0 Å². The van der Waals surface area contributed by atoms with Crippen molar-refractivity contribution in [3.05, 3.63) is 88.9 Å². The van der Waals surface area contributed by atoms with Gasteiger partial charge < -0.3 is 20.9 Å². The van der Waals surface area contributed by atoms with E-state index in [-0.39, 0.29) is 36.2 Å². The number of anilines is 3. The van der Waals surface area contributed by atoms with Gasteiger partial charge in [0.1, 0.15) is 0 Å². The van der Waals surface area contributed by atoms with Gasteiger partial charge in [0.05, 0.1) is 6.04 Å². The van der Waals surface area contributed by atoms with Crippen molar-refractivity contribution in [2.24, 2.45) is 5.73 Å². The molecule has 4 rings (SSSR count). The molecule has 1 heterocycles. The topological polar surface area (TPSA) is 95.7 Å². The normalized spacial score (nSPS) is 16.7. The number of nitrogens with zero attached hydrogens (tertiary/aromatic N) is 2. The maximum Gasteiger partial charge on any atom is 0.258 e. The smallest absolute Gasteiger partial charge is 0.258 e. The van der Waals surface area contributed by atoms with Crippen LogP contribution in [0, 0.1) is 0 Å². The zero-order chi connectivity index (χ0) is 25.8. The number of nitrogens with two attached hydrogens (primary N) is 1. The molecule has 0 saturated carbocycles. The summed E-state index contributed by atoms with van der Waals surface area (Å²) < 4.78 is 0. The molecule has 0 saturated heterocycles. The molecule has 3 aromatic carbocycles. The second-order valence-corrected chi connectivity index (χ2v) is 9.36. The average Bonchev–Trinajstić information content (AvgIpc) is 2.85. The predicted octanol–water partition coefficient (Wildman–Crippen LogP) is 5.16. The third kappa shape index (κ3) is 5.36. The highest BCUT2D eigenvalue weighted by Gasteiger charge is 2.38. The largest absolute Gasteiger partial charge is 0.385 e. The number of carbonyl (C=O) groups excluding carboxylic acids is 3. The maximum absolute atomic E-state index is 13.7. The number of para-hydroxylation sites is 1. The fourth-order valence-corrected chi connectivity index (χ4v) is 4.84. The molecule has 0 radical (unpaired) electrons. The monoisotopic (exact) mass is 504 g/mol. The first kappa shape index (κ1) is 25.3. The molecule has 186 valence electrons. The lowest BCUT2D eigenvalue weighted by molar-refractivity contribution is -0.118. The van der Waals surface area contributed by atoms with E-state index in [0.29, 0.717) is 23.6 Å². The Balaban J connectivity index is 1.63. The summed E-state index contributed by atoms with van der Waals surface area (Å²) in [4.78, 5) is 41.0. The zero-order valence-electron chi connectivity index (χ0n) is 20.3. The number of nitrogens with one attached hydrogen (secondary N) is 1. The first-order valence-corrected chi connectivity index (χ1v) is 12.2. The van der Waals surface area contributed by atoms with Gasteiger partial charge in [-0.15, -0.1) is 0 Å². The third-order valence-corrected chi connectivity index (χ3v) is 6.62. The van der Waals surface area contributed by atoms with Crippen molar-refractivity contribution in [1.29, 1.82) is 0 Å². The van der Waals surface area contributed by atoms with Gasteiger partial charge in [-0.3, -0.25) is 14.4 Å². The average molecular weight is 505 g/mol. The summed E-state index contributed by atoms with van der Waals surface area (Å²) in [5, 5.41) is 3.72. The van der Waals surface area contributed by atoms with Gasteiger partial charge in [0, 0.05) is 53.6 Å². The molecular formula is C28H29ClN4O3. The van der Waals surface area contributed by atoms with Crippen molar-refractivity contribution in [2.45, 2.75) is 38.8 Å². The molecule has 8 heteroatoms. The van der Waals surface area contributed by atoms with Crippen molar-refractivity contribution in [3.8, 4) is 0 Å². The Morgan fingerprint density at radius 1 is 1.03 bits per heavy atom. The first-order valence-electron chi connectivity index (χ1n) is 11.9. The standard InChI is InChI=1S/C28H29ClN4O3/c1-18-17-26(33(19(2)34)23-13-9-21(29)10-14-23)24-5-3-4-6-25(24)32(18)28(36)20-7-11-22(12-8-20)31-16-15-27(30)35/h3-14,18,26,31H,15-17H2,1-2H3,(H2,30,35)/t18-,26+/m0/s1. The van der Waals surface area contributed by atoms with Crippen LogP contribution in [0.5, 0.6) is 0 Å². The molecule has 0 spiro atoms. The Hall–Kier alpha value is -3.84. The highest BCUT2D eigenvalue weighted by atomic mass is 35.5. The van der Waals surface area contributed by atoms with Crippen LogP contribution in [0.15, 0.2) is 72.8 Å². The van der Waals surface area contributed by atoms with Crippen LogP contribution in [0.2, 0.25) is 5.02 Å². The van der Waals surface area contributed by atoms with Gasteiger partial charge in [0.2, 0.25) is 11.8 Å². The van der Waals surface area contributed by atoms with Gasteiger partial charge >= 0.3 is 0 Å². The van der Waals surface area contributed by atoms with Crippen LogP contribution in [0.1, 0.15) is 48.7 Å². The van der Waals surface area contributed by atoms with Crippen LogP contribution in [0.4, 0.5) is 17.1 Å². The third-order valence-electron chi connectivity index (χ3n) is 6.37. The Kier molecular flexibility index (Phi) is 7.60. The Morgan fingerprint density at radius 2 is 1.69 bits per heavy atom. The number of halogens is 1. The van der Waals surface area contributed by atoms with E-state index in [2.05, 4.69) is 5.32 Å². The van der Waals surface area contributed by atoms with Crippen LogP contribution in [-0.4, -0.2) is 30.3 Å². The highest BCUT2D eigenvalue weighted by Crippen LogP contribution is 2.42. The quantitative estimate of drug-likeness (QED) is 0.464. The zero-order valence-corrected chi connectivity index (χ0v) is 21.0. The number of carbonyl (C=O) groups is 3. The summed E-state index contributed by atoms with van der Waals surface area (Å²) in [6, 6.07) is 21.7. The maximum atomic E-state index is 13.7. The van der Waals surface area contributed by atoms with Crippen LogP contribution < -0.4 is 20.9 Å². The number of fused-ring (bicyclic) bond motifs is 1. The second-order valence-electron chi connectivity index (χ2n) is 8.92. The lowest BCUT2D eigenvalue weighted by atomic mass is 9.89. The SMILES string of the molecule is CC(=O)N(c1ccc(Cl)cc1)[C@@H]1C[C@H](C)N(C(=O)c2ccc(NCCC(N)=O)cc2)c2ccccc21. The van der Waals surface area contributed by atoms with E-state index in [4.69, 9.17) is 17.3 Å². The molecule has 3 amide bonds. The molecule has 0 aliphatic carbocycles. The molecule has 0 aromatic heterocycles.